The van der Waals surface area contributed by atoms with Gasteiger partial charge in [0.05, 0.1) is 20.0 Å². The second-order valence-electron chi connectivity index (χ2n) is 4.95. The van der Waals surface area contributed by atoms with Gasteiger partial charge in [-0.3, -0.25) is 9.59 Å². The number of methoxy groups -OCH3 is 1. The molecule has 0 saturated carbocycles. The fourth-order valence-electron chi connectivity index (χ4n) is 1.45. The third-order valence-electron chi connectivity index (χ3n) is 2.23. The summed E-state index contributed by atoms with van der Waals surface area (Å²) in [6.07, 6.45) is 0.614. The second kappa shape index (κ2) is 4.82. The highest BCUT2D eigenvalue weighted by Gasteiger charge is 2.40. The number of rotatable bonds is 4. The zero-order chi connectivity index (χ0) is 12.3. The lowest BCUT2D eigenvalue weighted by Gasteiger charge is -2.19. The minimum absolute atomic E-state index is 0.0500. The Morgan fingerprint density at radius 1 is 1.12 bits per heavy atom. The van der Waals surface area contributed by atoms with Gasteiger partial charge in [0.15, 0.2) is 0 Å². The van der Waals surface area contributed by atoms with E-state index in [1.807, 2.05) is 20.8 Å². The minimum Gasteiger partial charge on any atom is -0.469 e. The summed E-state index contributed by atoms with van der Waals surface area (Å²) in [7, 11) is 1.35. The normalized spacial score (nSPS) is 23.8. The van der Waals surface area contributed by atoms with Gasteiger partial charge >= 0.3 is 11.9 Å². The predicted molar refractivity (Wildman–Crippen MR) is 57.8 cm³/mol. The average molecular weight is 229 g/mol. The van der Waals surface area contributed by atoms with Crippen molar-refractivity contribution in [2.24, 2.45) is 0 Å². The largest absolute Gasteiger partial charge is 0.469 e. The van der Waals surface area contributed by atoms with Crippen molar-refractivity contribution in [2.45, 2.75) is 51.3 Å². The van der Waals surface area contributed by atoms with E-state index in [0.29, 0.717) is 12.8 Å². The van der Waals surface area contributed by atoms with Gasteiger partial charge in [-0.2, -0.15) is 0 Å². The molecule has 1 aliphatic rings. The molecule has 0 aliphatic carbocycles. The highest BCUT2D eigenvalue weighted by atomic mass is 16.6. The molecule has 0 amide bonds. The van der Waals surface area contributed by atoms with E-state index < -0.39 is 5.60 Å². The molecule has 1 aliphatic heterocycles. The molecule has 1 N–H and O–H groups in total. The molecule has 2 atom stereocenters. The van der Waals surface area contributed by atoms with Crippen LogP contribution in [0.25, 0.3) is 0 Å². The molecule has 1 saturated heterocycles. The smallest absolute Gasteiger partial charge is 0.307 e. The van der Waals surface area contributed by atoms with Crippen LogP contribution in [-0.2, 0) is 19.1 Å². The Morgan fingerprint density at radius 2 is 1.62 bits per heavy atom. The fraction of sp³-hybridized carbons (Fsp3) is 0.818. The van der Waals surface area contributed by atoms with Gasteiger partial charge in [0.2, 0.25) is 0 Å². The van der Waals surface area contributed by atoms with Crippen molar-refractivity contribution in [1.82, 2.24) is 5.32 Å². The van der Waals surface area contributed by atoms with E-state index in [-0.39, 0.29) is 24.0 Å². The third-order valence-corrected chi connectivity index (χ3v) is 2.23. The van der Waals surface area contributed by atoms with E-state index >= 15 is 0 Å². The van der Waals surface area contributed by atoms with E-state index in [1.54, 1.807) is 0 Å². The number of hydrogen-bond donors (Lipinski definition) is 1. The summed E-state index contributed by atoms with van der Waals surface area (Å²) < 4.78 is 9.71. The third kappa shape index (κ3) is 4.61. The van der Waals surface area contributed by atoms with Crippen LogP contribution in [0.4, 0.5) is 0 Å². The number of nitrogens with one attached hydrogen (secondary N) is 1. The highest BCUT2D eigenvalue weighted by molar-refractivity contribution is 5.73. The molecule has 0 spiro atoms. The number of hydrogen-bond acceptors (Lipinski definition) is 5. The molecule has 0 radical (unpaired) electrons. The second-order valence-corrected chi connectivity index (χ2v) is 4.95. The maximum absolute atomic E-state index is 11.4. The topological polar surface area (TPSA) is 74.5 Å². The summed E-state index contributed by atoms with van der Waals surface area (Å²) in [6, 6.07) is 0.105. The maximum atomic E-state index is 11.4. The van der Waals surface area contributed by atoms with Crippen LogP contribution < -0.4 is 5.32 Å². The molecular formula is C11H19NO4. The van der Waals surface area contributed by atoms with Crippen molar-refractivity contribution in [1.29, 1.82) is 0 Å². The molecule has 1 fully saturated rings. The van der Waals surface area contributed by atoms with Crippen LogP contribution in [0.1, 0.15) is 33.6 Å². The SMILES string of the molecule is COC(=O)CC1NC1CC(=O)OC(C)(C)C. The van der Waals surface area contributed by atoms with Gasteiger partial charge in [0.25, 0.3) is 0 Å². The van der Waals surface area contributed by atoms with E-state index in [9.17, 15) is 9.59 Å². The van der Waals surface area contributed by atoms with Crippen molar-refractivity contribution in [2.75, 3.05) is 7.11 Å². The molecule has 92 valence electrons. The van der Waals surface area contributed by atoms with Gasteiger partial charge in [-0.15, -0.1) is 0 Å². The van der Waals surface area contributed by atoms with E-state index in [4.69, 9.17) is 4.74 Å². The van der Waals surface area contributed by atoms with Crippen molar-refractivity contribution in [3.63, 3.8) is 0 Å². The molecule has 0 aromatic carbocycles. The zero-order valence-electron chi connectivity index (χ0n) is 10.2. The van der Waals surface area contributed by atoms with Crippen molar-refractivity contribution in [3.05, 3.63) is 0 Å². The number of carbonyl (C=O) groups excluding carboxylic acids is 2. The molecule has 0 aromatic rings. The summed E-state index contributed by atoms with van der Waals surface area (Å²) in [4.78, 5) is 22.4. The molecule has 16 heavy (non-hydrogen) atoms. The van der Waals surface area contributed by atoms with Gasteiger partial charge in [-0.25, -0.2) is 0 Å². The first-order valence-electron chi connectivity index (χ1n) is 5.36. The highest BCUT2D eigenvalue weighted by Crippen LogP contribution is 2.20. The fourth-order valence-corrected chi connectivity index (χ4v) is 1.45. The Kier molecular flexibility index (Phi) is 3.91. The average Bonchev–Trinajstić information content (AvgIpc) is 2.79. The summed E-state index contributed by atoms with van der Waals surface area (Å²) in [5.74, 6) is -0.499. The number of esters is 2. The summed E-state index contributed by atoms with van der Waals surface area (Å²) >= 11 is 0. The standard InChI is InChI=1S/C11H19NO4/c1-11(2,3)16-10(14)6-8-7(12-8)5-9(13)15-4/h7-8,12H,5-6H2,1-4H3. The lowest BCUT2D eigenvalue weighted by atomic mass is 10.1. The van der Waals surface area contributed by atoms with Crippen molar-refractivity contribution < 1.29 is 19.1 Å². The first-order chi connectivity index (χ1) is 7.31. The number of carbonyl (C=O) groups is 2. The molecule has 1 heterocycles. The first kappa shape index (κ1) is 13.0. The van der Waals surface area contributed by atoms with E-state index in [1.165, 1.54) is 7.11 Å². The molecule has 5 heteroatoms. The van der Waals surface area contributed by atoms with Crippen molar-refractivity contribution in [3.8, 4) is 0 Å². The minimum atomic E-state index is -0.455. The molecule has 0 bridgehead atoms. The van der Waals surface area contributed by atoms with Gasteiger partial charge in [-0.1, -0.05) is 0 Å². The predicted octanol–water partition coefficient (Wildman–Crippen LogP) is 0.622. The molecule has 2 unspecified atom stereocenters. The Labute approximate surface area is 95.5 Å². The van der Waals surface area contributed by atoms with E-state index in [0.717, 1.165) is 0 Å². The molecule has 1 rings (SSSR count). The Bertz CT molecular complexity index is 282. The van der Waals surface area contributed by atoms with Gasteiger partial charge in [-0.05, 0) is 20.8 Å². The molecule has 5 nitrogen and oxygen atoms in total. The first-order valence-corrected chi connectivity index (χ1v) is 5.36. The van der Waals surface area contributed by atoms with Gasteiger partial charge < -0.3 is 14.8 Å². The zero-order valence-corrected chi connectivity index (χ0v) is 10.2. The molecular weight excluding hydrogens is 210 g/mol. The summed E-state index contributed by atoms with van der Waals surface area (Å²) in [5.41, 5.74) is -0.455. The van der Waals surface area contributed by atoms with Crippen LogP contribution in [0.2, 0.25) is 0 Å². The van der Waals surface area contributed by atoms with Crippen LogP contribution in [0.3, 0.4) is 0 Å². The maximum Gasteiger partial charge on any atom is 0.307 e. The Morgan fingerprint density at radius 3 is 2.06 bits per heavy atom. The van der Waals surface area contributed by atoms with Crippen LogP contribution in [0, 0.1) is 0 Å². The van der Waals surface area contributed by atoms with Crippen LogP contribution in [0.15, 0.2) is 0 Å². The lowest BCUT2D eigenvalue weighted by Crippen LogP contribution is -2.25. The summed E-state index contributed by atoms with van der Waals surface area (Å²) in [5, 5.41) is 3.05. The quantitative estimate of drug-likeness (QED) is 0.565. The molecule has 0 aromatic heterocycles. The van der Waals surface area contributed by atoms with Crippen molar-refractivity contribution >= 4 is 11.9 Å². The van der Waals surface area contributed by atoms with Crippen LogP contribution >= 0.6 is 0 Å². The lowest BCUT2D eigenvalue weighted by molar-refractivity contribution is -0.155. The van der Waals surface area contributed by atoms with E-state index in [2.05, 4.69) is 10.1 Å². The van der Waals surface area contributed by atoms with Gasteiger partial charge in [0, 0.05) is 12.1 Å². The monoisotopic (exact) mass is 229 g/mol. The Balaban J connectivity index is 2.21. The summed E-state index contributed by atoms with van der Waals surface area (Å²) in [6.45, 7) is 5.49. The van der Waals surface area contributed by atoms with Crippen LogP contribution in [0.5, 0.6) is 0 Å². The van der Waals surface area contributed by atoms with Gasteiger partial charge in [0.1, 0.15) is 5.60 Å². The van der Waals surface area contributed by atoms with Crippen LogP contribution in [-0.4, -0.2) is 36.7 Å². The Hall–Kier alpha value is -1.10. The number of ether oxygens (including phenoxy) is 2.